The van der Waals surface area contributed by atoms with Crippen molar-refractivity contribution in [2.24, 2.45) is 0 Å². The van der Waals surface area contributed by atoms with Gasteiger partial charge in [0.2, 0.25) is 0 Å². The number of nitrogens with zero attached hydrogens (tertiary/aromatic N) is 1. The van der Waals surface area contributed by atoms with Crippen LogP contribution in [-0.4, -0.2) is 19.9 Å². The molecular formula is C13H13NO2. The Bertz CT molecular complexity index is 486. The second kappa shape index (κ2) is 4.23. The molecule has 0 radical (unpaired) electrons. The Labute approximate surface area is 94.3 Å². The number of benzene rings is 1. The molecule has 0 aliphatic heterocycles. The lowest BCUT2D eigenvalue weighted by molar-refractivity contribution is 0.103. The maximum Gasteiger partial charge on any atom is 0.196 e. The first kappa shape index (κ1) is 10.5. The van der Waals surface area contributed by atoms with Gasteiger partial charge >= 0.3 is 0 Å². The predicted molar refractivity (Wildman–Crippen MR) is 62.9 cm³/mol. The van der Waals surface area contributed by atoms with Gasteiger partial charge in [-0.05, 0) is 18.2 Å². The maximum atomic E-state index is 12.0. The van der Waals surface area contributed by atoms with Gasteiger partial charge in [-0.2, -0.15) is 0 Å². The summed E-state index contributed by atoms with van der Waals surface area (Å²) in [5.41, 5.74) is 2.26. The lowest BCUT2D eigenvalue weighted by Gasteiger charge is -2.12. The molecular weight excluding hydrogens is 202 g/mol. The van der Waals surface area contributed by atoms with E-state index < -0.39 is 0 Å². The van der Waals surface area contributed by atoms with Crippen LogP contribution in [0.25, 0.3) is 0 Å². The van der Waals surface area contributed by atoms with Crippen LogP contribution < -0.4 is 4.90 Å². The molecule has 82 valence electrons. The van der Waals surface area contributed by atoms with Gasteiger partial charge in [-0.3, -0.25) is 4.79 Å². The minimum Gasteiger partial charge on any atom is -0.472 e. The van der Waals surface area contributed by atoms with E-state index in [2.05, 4.69) is 0 Å². The number of ketones is 1. The summed E-state index contributed by atoms with van der Waals surface area (Å²) >= 11 is 0. The van der Waals surface area contributed by atoms with Crippen LogP contribution in [-0.2, 0) is 0 Å². The van der Waals surface area contributed by atoms with Crippen LogP contribution in [0.1, 0.15) is 15.9 Å². The third kappa shape index (κ3) is 1.98. The normalized spacial score (nSPS) is 10.1. The van der Waals surface area contributed by atoms with Gasteiger partial charge < -0.3 is 9.32 Å². The molecule has 0 saturated heterocycles. The smallest absolute Gasteiger partial charge is 0.196 e. The van der Waals surface area contributed by atoms with Crippen molar-refractivity contribution in [1.82, 2.24) is 0 Å². The molecule has 0 fully saturated rings. The Kier molecular flexibility index (Phi) is 2.77. The molecule has 0 N–H and O–H groups in total. The van der Waals surface area contributed by atoms with E-state index in [1.54, 1.807) is 6.07 Å². The highest BCUT2D eigenvalue weighted by atomic mass is 16.3. The largest absolute Gasteiger partial charge is 0.472 e. The van der Waals surface area contributed by atoms with Crippen molar-refractivity contribution in [1.29, 1.82) is 0 Å². The number of hydrogen-bond donors (Lipinski definition) is 0. The SMILES string of the molecule is CN(C)c1cccc(C(=O)c2ccoc2)c1. The molecule has 2 aromatic rings. The summed E-state index contributed by atoms with van der Waals surface area (Å²) in [6.45, 7) is 0. The zero-order valence-corrected chi connectivity index (χ0v) is 9.31. The van der Waals surface area contributed by atoms with E-state index in [-0.39, 0.29) is 5.78 Å². The molecule has 0 amide bonds. The molecule has 3 heteroatoms. The summed E-state index contributed by atoms with van der Waals surface area (Å²) in [4.78, 5) is 14.0. The first-order valence-corrected chi connectivity index (χ1v) is 5.03. The molecule has 1 aromatic heterocycles. The standard InChI is InChI=1S/C13H13NO2/c1-14(2)12-5-3-4-10(8-12)13(15)11-6-7-16-9-11/h3-9H,1-2H3. The quantitative estimate of drug-likeness (QED) is 0.738. The number of furan rings is 1. The fourth-order valence-electron chi connectivity index (χ4n) is 1.49. The third-order valence-corrected chi connectivity index (χ3v) is 2.41. The highest BCUT2D eigenvalue weighted by Gasteiger charge is 2.10. The van der Waals surface area contributed by atoms with Gasteiger partial charge in [0.25, 0.3) is 0 Å². The molecule has 0 unspecified atom stereocenters. The molecule has 3 nitrogen and oxygen atoms in total. The number of rotatable bonds is 3. The lowest BCUT2D eigenvalue weighted by Crippen LogP contribution is -2.09. The van der Waals surface area contributed by atoms with Crippen LogP contribution in [0.15, 0.2) is 47.3 Å². The van der Waals surface area contributed by atoms with Crippen molar-refractivity contribution < 1.29 is 9.21 Å². The predicted octanol–water partition coefficient (Wildman–Crippen LogP) is 2.58. The van der Waals surface area contributed by atoms with Crippen LogP contribution in [0.5, 0.6) is 0 Å². The van der Waals surface area contributed by atoms with E-state index in [4.69, 9.17) is 4.42 Å². The molecule has 0 aliphatic rings. The van der Waals surface area contributed by atoms with E-state index in [1.165, 1.54) is 12.5 Å². The Balaban J connectivity index is 2.34. The average molecular weight is 215 g/mol. The van der Waals surface area contributed by atoms with Crippen molar-refractivity contribution in [2.75, 3.05) is 19.0 Å². The van der Waals surface area contributed by atoms with E-state index in [0.29, 0.717) is 11.1 Å². The summed E-state index contributed by atoms with van der Waals surface area (Å²) in [6, 6.07) is 9.19. The second-order valence-corrected chi connectivity index (χ2v) is 3.79. The first-order valence-electron chi connectivity index (χ1n) is 5.03. The van der Waals surface area contributed by atoms with Crippen molar-refractivity contribution in [3.63, 3.8) is 0 Å². The maximum absolute atomic E-state index is 12.0. The van der Waals surface area contributed by atoms with Crippen molar-refractivity contribution in [3.8, 4) is 0 Å². The summed E-state index contributed by atoms with van der Waals surface area (Å²) in [5.74, 6) is -0.0162. The topological polar surface area (TPSA) is 33.5 Å². The van der Waals surface area contributed by atoms with Gasteiger partial charge in [-0.1, -0.05) is 12.1 Å². The van der Waals surface area contributed by atoms with Crippen molar-refractivity contribution >= 4 is 11.5 Å². The highest BCUT2D eigenvalue weighted by molar-refractivity contribution is 6.09. The molecule has 16 heavy (non-hydrogen) atoms. The molecule has 1 aromatic carbocycles. The van der Waals surface area contributed by atoms with Crippen molar-refractivity contribution in [2.45, 2.75) is 0 Å². The molecule has 1 heterocycles. The molecule has 0 atom stereocenters. The second-order valence-electron chi connectivity index (χ2n) is 3.79. The van der Waals surface area contributed by atoms with Crippen LogP contribution in [0.3, 0.4) is 0 Å². The summed E-state index contributed by atoms with van der Waals surface area (Å²) in [6.07, 6.45) is 2.97. The van der Waals surface area contributed by atoms with Crippen LogP contribution in [0.4, 0.5) is 5.69 Å². The minimum atomic E-state index is -0.0162. The number of carbonyl (C=O) groups excluding carboxylic acids is 1. The van der Waals surface area contributed by atoms with Crippen LogP contribution in [0, 0.1) is 0 Å². The summed E-state index contributed by atoms with van der Waals surface area (Å²) < 4.78 is 4.90. The van der Waals surface area contributed by atoms with Gasteiger partial charge in [-0.15, -0.1) is 0 Å². The number of carbonyl (C=O) groups is 1. The first-order chi connectivity index (χ1) is 7.68. The Hall–Kier alpha value is -2.03. The Morgan fingerprint density at radius 2 is 2.00 bits per heavy atom. The Morgan fingerprint density at radius 3 is 2.62 bits per heavy atom. The average Bonchev–Trinajstić information content (AvgIpc) is 2.81. The molecule has 0 aliphatic carbocycles. The van der Waals surface area contributed by atoms with E-state index >= 15 is 0 Å². The molecule has 0 saturated carbocycles. The molecule has 2 rings (SSSR count). The van der Waals surface area contributed by atoms with Gasteiger partial charge in [0.05, 0.1) is 11.8 Å². The zero-order valence-electron chi connectivity index (χ0n) is 9.31. The number of anilines is 1. The minimum absolute atomic E-state index is 0.0162. The molecule has 0 spiro atoms. The van der Waals surface area contributed by atoms with E-state index in [1.807, 2.05) is 43.3 Å². The summed E-state index contributed by atoms with van der Waals surface area (Å²) in [5, 5.41) is 0. The van der Waals surface area contributed by atoms with Gasteiger partial charge in [0.1, 0.15) is 6.26 Å². The monoisotopic (exact) mass is 215 g/mol. The van der Waals surface area contributed by atoms with E-state index in [9.17, 15) is 4.79 Å². The molecule has 0 bridgehead atoms. The Morgan fingerprint density at radius 1 is 1.19 bits per heavy atom. The lowest BCUT2D eigenvalue weighted by atomic mass is 10.1. The summed E-state index contributed by atoms with van der Waals surface area (Å²) in [7, 11) is 3.89. The zero-order chi connectivity index (χ0) is 11.5. The van der Waals surface area contributed by atoms with Gasteiger partial charge in [0, 0.05) is 25.3 Å². The fraction of sp³-hybridized carbons (Fsp3) is 0.154. The van der Waals surface area contributed by atoms with E-state index in [0.717, 1.165) is 5.69 Å². The number of hydrogen-bond acceptors (Lipinski definition) is 3. The van der Waals surface area contributed by atoms with Gasteiger partial charge in [0.15, 0.2) is 5.78 Å². The van der Waals surface area contributed by atoms with Gasteiger partial charge in [-0.25, -0.2) is 0 Å². The van der Waals surface area contributed by atoms with Crippen molar-refractivity contribution in [3.05, 3.63) is 54.0 Å². The fourth-order valence-corrected chi connectivity index (χ4v) is 1.49. The highest BCUT2D eigenvalue weighted by Crippen LogP contribution is 2.16. The van der Waals surface area contributed by atoms with Crippen LogP contribution in [0.2, 0.25) is 0 Å². The third-order valence-electron chi connectivity index (χ3n) is 2.41. The van der Waals surface area contributed by atoms with Crippen LogP contribution >= 0.6 is 0 Å².